The van der Waals surface area contributed by atoms with Crippen LogP contribution in [0.5, 0.6) is 0 Å². The predicted octanol–water partition coefficient (Wildman–Crippen LogP) is 3.66. The van der Waals surface area contributed by atoms with Crippen LogP contribution in [0.1, 0.15) is 52.4 Å². The molecule has 0 aromatic rings. The molecule has 2 fully saturated rings. The van der Waals surface area contributed by atoms with Gasteiger partial charge in [0, 0.05) is 5.92 Å². The van der Waals surface area contributed by atoms with E-state index in [2.05, 4.69) is 26.0 Å². The molecule has 2 saturated carbocycles. The molecule has 1 N–H and O–H groups in total. The Balaban J connectivity index is 1.79. The lowest BCUT2D eigenvalue weighted by Gasteiger charge is -2.55. The molecule has 0 heterocycles. The minimum absolute atomic E-state index is 0.0248. The van der Waals surface area contributed by atoms with E-state index in [9.17, 15) is 9.90 Å². The highest BCUT2D eigenvalue weighted by atomic mass is 16.3. The van der Waals surface area contributed by atoms with Gasteiger partial charge in [-0.3, -0.25) is 4.79 Å². The van der Waals surface area contributed by atoms with Crippen molar-refractivity contribution in [3.63, 3.8) is 0 Å². The second-order valence-corrected chi connectivity index (χ2v) is 8.24. The van der Waals surface area contributed by atoms with Gasteiger partial charge in [-0.15, -0.1) is 0 Å². The van der Waals surface area contributed by atoms with Crippen LogP contribution in [0.2, 0.25) is 0 Å². The normalized spacial score (nSPS) is 52.0. The molecule has 0 bridgehead atoms. The Labute approximate surface area is 127 Å². The molecule has 21 heavy (non-hydrogen) atoms. The van der Waals surface area contributed by atoms with Crippen molar-refractivity contribution in [2.45, 2.75) is 58.5 Å². The molecule has 2 heteroatoms. The van der Waals surface area contributed by atoms with Crippen molar-refractivity contribution in [1.82, 2.24) is 0 Å². The molecule has 0 amide bonds. The van der Waals surface area contributed by atoms with Crippen molar-refractivity contribution < 1.29 is 9.90 Å². The topological polar surface area (TPSA) is 37.3 Å². The van der Waals surface area contributed by atoms with E-state index >= 15 is 0 Å². The summed E-state index contributed by atoms with van der Waals surface area (Å²) in [7, 11) is 0. The summed E-state index contributed by atoms with van der Waals surface area (Å²) in [6.45, 7) is 4.60. The van der Waals surface area contributed by atoms with Crippen LogP contribution in [0.3, 0.4) is 0 Å². The predicted molar refractivity (Wildman–Crippen MR) is 82.6 cm³/mol. The number of aliphatic hydroxyl groups excluding tert-OH is 1. The van der Waals surface area contributed by atoms with Gasteiger partial charge in [-0.1, -0.05) is 26.0 Å². The van der Waals surface area contributed by atoms with Crippen molar-refractivity contribution in [3.8, 4) is 0 Å². The van der Waals surface area contributed by atoms with E-state index in [4.69, 9.17) is 0 Å². The van der Waals surface area contributed by atoms with E-state index in [0.29, 0.717) is 17.6 Å². The number of carbonyl (C=O) groups excluding carboxylic acids is 1. The molecular formula is C19H26O2. The minimum Gasteiger partial charge on any atom is -0.393 e. The van der Waals surface area contributed by atoms with Crippen LogP contribution in [0.25, 0.3) is 0 Å². The first-order valence-electron chi connectivity index (χ1n) is 8.57. The third kappa shape index (κ3) is 1.66. The highest BCUT2D eigenvalue weighted by Gasteiger charge is 2.60. The van der Waals surface area contributed by atoms with Crippen molar-refractivity contribution in [2.75, 3.05) is 0 Å². The minimum atomic E-state index is -0.208. The molecule has 6 atom stereocenters. The SMILES string of the molecule is C[C@]12CCC=CC1=CC(=O)[C@@H]1[C@@H]2CC[C@]2(C)C(O)CC[C@@H]12. The van der Waals surface area contributed by atoms with Crippen molar-refractivity contribution in [2.24, 2.45) is 28.6 Å². The van der Waals surface area contributed by atoms with Crippen molar-refractivity contribution >= 4 is 5.78 Å². The summed E-state index contributed by atoms with van der Waals surface area (Å²) in [5, 5.41) is 10.4. The van der Waals surface area contributed by atoms with Gasteiger partial charge >= 0.3 is 0 Å². The average Bonchev–Trinajstić information content (AvgIpc) is 2.76. The molecule has 2 nitrogen and oxygen atoms in total. The number of hydrogen-bond donors (Lipinski definition) is 1. The molecule has 4 aliphatic rings. The number of allylic oxidation sites excluding steroid dienone is 4. The Bertz CT molecular complexity index is 546. The molecule has 114 valence electrons. The highest BCUT2D eigenvalue weighted by molar-refractivity contribution is 5.95. The molecule has 0 spiro atoms. The molecule has 4 aliphatic carbocycles. The number of ketones is 1. The van der Waals surface area contributed by atoms with Crippen LogP contribution in [0.15, 0.2) is 23.8 Å². The fourth-order valence-electron chi connectivity index (χ4n) is 6.01. The summed E-state index contributed by atoms with van der Waals surface area (Å²) in [6.07, 6.45) is 12.5. The first-order valence-corrected chi connectivity index (χ1v) is 8.57. The average molecular weight is 286 g/mol. The van der Waals surface area contributed by atoms with Crippen LogP contribution < -0.4 is 0 Å². The van der Waals surface area contributed by atoms with Crippen molar-refractivity contribution in [3.05, 3.63) is 23.8 Å². The molecular weight excluding hydrogens is 260 g/mol. The second-order valence-electron chi connectivity index (χ2n) is 8.24. The maximum Gasteiger partial charge on any atom is 0.159 e. The number of aliphatic hydroxyl groups is 1. The monoisotopic (exact) mass is 286 g/mol. The smallest absolute Gasteiger partial charge is 0.159 e. The molecule has 4 rings (SSSR count). The van der Waals surface area contributed by atoms with E-state index in [1.54, 1.807) is 0 Å². The Kier molecular flexibility index (Phi) is 2.83. The Morgan fingerprint density at radius 1 is 1.14 bits per heavy atom. The zero-order valence-corrected chi connectivity index (χ0v) is 13.1. The molecule has 0 aliphatic heterocycles. The fraction of sp³-hybridized carbons (Fsp3) is 0.737. The largest absolute Gasteiger partial charge is 0.393 e. The molecule has 0 aromatic heterocycles. The lowest BCUT2D eigenvalue weighted by Crippen LogP contribution is -2.52. The van der Waals surface area contributed by atoms with Crippen LogP contribution in [0.4, 0.5) is 0 Å². The summed E-state index contributed by atoms with van der Waals surface area (Å²) < 4.78 is 0. The first-order chi connectivity index (χ1) is 9.97. The van der Waals surface area contributed by atoms with Crippen molar-refractivity contribution in [1.29, 1.82) is 0 Å². The maximum atomic E-state index is 12.8. The standard InChI is InChI=1S/C19H26O2/c1-18-9-4-3-5-12(18)11-15(20)17-13-6-7-16(21)19(13,2)10-8-14(17)18/h3,5,11,13-14,16-17,21H,4,6-10H2,1-2H3/t13-,14-,16?,17-,18-,19-/m0/s1. The maximum absolute atomic E-state index is 12.8. The van der Waals surface area contributed by atoms with Gasteiger partial charge < -0.3 is 5.11 Å². The number of hydrogen-bond acceptors (Lipinski definition) is 2. The molecule has 0 radical (unpaired) electrons. The van der Waals surface area contributed by atoms with Gasteiger partial charge in [0.2, 0.25) is 0 Å². The van der Waals surface area contributed by atoms with Crippen LogP contribution in [0, 0.1) is 28.6 Å². The Morgan fingerprint density at radius 2 is 1.95 bits per heavy atom. The summed E-state index contributed by atoms with van der Waals surface area (Å²) >= 11 is 0. The van der Waals surface area contributed by atoms with Gasteiger partial charge in [-0.05, 0) is 72.8 Å². The fourth-order valence-corrected chi connectivity index (χ4v) is 6.01. The quantitative estimate of drug-likeness (QED) is 0.738. The molecule has 0 aromatic carbocycles. The third-order valence-corrected chi connectivity index (χ3v) is 7.45. The van der Waals surface area contributed by atoms with E-state index in [0.717, 1.165) is 32.1 Å². The summed E-state index contributed by atoms with van der Waals surface area (Å²) in [5.74, 6) is 1.36. The Hall–Kier alpha value is -0.890. The first kappa shape index (κ1) is 13.8. The molecule has 1 unspecified atom stereocenters. The van der Waals surface area contributed by atoms with E-state index < -0.39 is 0 Å². The second kappa shape index (κ2) is 4.32. The summed E-state index contributed by atoms with van der Waals surface area (Å²) in [5.41, 5.74) is 1.42. The van der Waals surface area contributed by atoms with Gasteiger partial charge in [-0.25, -0.2) is 0 Å². The lowest BCUT2D eigenvalue weighted by molar-refractivity contribution is -0.134. The number of rotatable bonds is 0. The van der Waals surface area contributed by atoms with Crippen LogP contribution in [-0.4, -0.2) is 17.0 Å². The van der Waals surface area contributed by atoms with E-state index in [1.165, 1.54) is 12.0 Å². The van der Waals surface area contributed by atoms with E-state index in [-0.39, 0.29) is 22.9 Å². The Morgan fingerprint density at radius 3 is 2.76 bits per heavy atom. The zero-order chi connectivity index (χ0) is 14.8. The molecule has 0 saturated heterocycles. The van der Waals surface area contributed by atoms with Gasteiger partial charge in [0.25, 0.3) is 0 Å². The van der Waals surface area contributed by atoms with Crippen LogP contribution >= 0.6 is 0 Å². The van der Waals surface area contributed by atoms with Gasteiger partial charge in [-0.2, -0.15) is 0 Å². The summed E-state index contributed by atoms with van der Waals surface area (Å²) in [4.78, 5) is 12.8. The number of carbonyl (C=O) groups is 1. The zero-order valence-electron chi connectivity index (χ0n) is 13.1. The summed E-state index contributed by atoms with van der Waals surface area (Å²) in [6, 6.07) is 0. The van der Waals surface area contributed by atoms with Gasteiger partial charge in [0.1, 0.15) is 0 Å². The third-order valence-electron chi connectivity index (χ3n) is 7.45. The van der Waals surface area contributed by atoms with Gasteiger partial charge in [0.15, 0.2) is 5.78 Å². The highest BCUT2D eigenvalue weighted by Crippen LogP contribution is 2.63. The lowest BCUT2D eigenvalue weighted by atomic mass is 9.48. The van der Waals surface area contributed by atoms with E-state index in [1.807, 2.05) is 6.08 Å². The van der Waals surface area contributed by atoms with Gasteiger partial charge in [0.05, 0.1) is 6.10 Å². The number of fused-ring (bicyclic) bond motifs is 5. The van der Waals surface area contributed by atoms with Crippen LogP contribution in [-0.2, 0) is 4.79 Å².